The molecule has 7 nitrogen and oxygen atoms in total. The van der Waals surface area contributed by atoms with E-state index in [1.165, 1.54) is 23.1 Å². The lowest BCUT2D eigenvalue weighted by Crippen LogP contribution is -2.44. The summed E-state index contributed by atoms with van der Waals surface area (Å²) in [7, 11) is 0. The second-order valence-corrected chi connectivity index (χ2v) is 7.24. The standard InChI is InChI=1S/C20H26N2O5/c1-5-7-10-22-17(24)14-9-8-13(11-15(14)18(22)25)19(26)27-12-16(23)21-20(3,4)6-2/h8-9,11H,5-7,10,12H2,1-4H3,(H,21,23). The molecular weight excluding hydrogens is 348 g/mol. The number of carbonyl (C=O) groups is 4. The maximum absolute atomic E-state index is 12.4. The molecule has 1 N–H and O–H groups in total. The van der Waals surface area contributed by atoms with Gasteiger partial charge < -0.3 is 10.1 Å². The van der Waals surface area contributed by atoms with E-state index in [4.69, 9.17) is 4.74 Å². The fourth-order valence-electron chi connectivity index (χ4n) is 2.65. The highest BCUT2D eigenvalue weighted by Crippen LogP contribution is 2.24. The van der Waals surface area contributed by atoms with Crippen LogP contribution in [0.15, 0.2) is 18.2 Å². The van der Waals surface area contributed by atoms with Gasteiger partial charge in [-0.1, -0.05) is 20.3 Å². The molecule has 1 heterocycles. The number of imide groups is 1. The van der Waals surface area contributed by atoms with Gasteiger partial charge in [-0.2, -0.15) is 0 Å². The van der Waals surface area contributed by atoms with Crippen LogP contribution in [0, 0.1) is 0 Å². The van der Waals surface area contributed by atoms with E-state index in [1.807, 2.05) is 27.7 Å². The third kappa shape index (κ3) is 4.72. The van der Waals surface area contributed by atoms with Gasteiger partial charge in [-0.25, -0.2) is 4.79 Å². The molecule has 1 aromatic carbocycles. The zero-order valence-electron chi connectivity index (χ0n) is 16.3. The topological polar surface area (TPSA) is 92.8 Å². The first-order valence-electron chi connectivity index (χ1n) is 9.18. The maximum atomic E-state index is 12.4. The number of rotatable bonds is 8. The highest BCUT2D eigenvalue weighted by Gasteiger charge is 2.35. The molecule has 146 valence electrons. The highest BCUT2D eigenvalue weighted by atomic mass is 16.5. The second-order valence-electron chi connectivity index (χ2n) is 7.24. The first kappa shape index (κ1) is 20.6. The van der Waals surface area contributed by atoms with E-state index in [-0.39, 0.29) is 28.1 Å². The Balaban J connectivity index is 2.04. The molecule has 1 aromatic rings. The van der Waals surface area contributed by atoms with Crippen LogP contribution in [0.4, 0.5) is 0 Å². The SMILES string of the molecule is CCCCN1C(=O)c2ccc(C(=O)OCC(=O)NC(C)(C)CC)cc2C1=O. The van der Waals surface area contributed by atoms with E-state index >= 15 is 0 Å². The van der Waals surface area contributed by atoms with Crippen molar-refractivity contribution in [2.24, 2.45) is 0 Å². The summed E-state index contributed by atoms with van der Waals surface area (Å²) in [5, 5.41) is 2.77. The van der Waals surface area contributed by atoms with Crippen molar-refractivity contribution in [2.45, 2.75) is 52.5 Å². The van der Waals surface area contributed by atoms with E-state index < -0.39 is 24.4 Å². The summed E-state index contributed by atoms with van der Waals surface area (Å²) in [6.45, 7) is 7.62. The Morgan fingerprint density at radius 1 is 1.11 bits per heavy atom. The average Bonchev–Trinajstić information content (AvgIpc) is 2.87. The molecule has 0 radical (unpaired) electrons. The first-order valence-corrected chi connectivity index (χ1v) is 9.18. The molecule has 0 fully saturated rings. The molecule has 0 unspecified atom stereocenters. The van der Waals surface area contributed by atoms with Crippen molar-refractivity contribution in [1.29, 1.82) is 0 Å². The van der Waals surface area contributed by atoms with E-state index in [1.54, 1.807) is 0 Å². The summed E-state index contributed by atoms with van der Waals surface area (Å²) < 4.78 is 5.03. The third-order valence-corrected chi connectivity index (χ3v) is 4.64. The minimum absolute atomic E-state index is 0.134. The van der Waals surface area contributed by atoms with Crippen LogP contribution in [0.3, 0.4) is 0 Å². The summed E-state index contributed by atoms with van der Waals surface area (Å²) in [4.78, 5) is 50.0. The molecule has 3 amide bonds. The summed E-state index contributed by atoms with van der Waals surface area (Å²) in [5.41, 5.74) is 0.234. The Hall–Kier alpha value is -2.70. The average molecular weight is 374 g/mol. The Morgan fingerprint density at radius 3 is 2.41 bits per heavy atom. The van der Waals surface area contributed by atoms with Gasteiger partial charge in [0.25, 0.3) is 17.7 Å². The van der Waals surface area contributed by atoms with Gasteiger partial charge >= 0.3 is 5.97 Å². The Bertz CT molecular complexity index is 770. The van der Waals surface area contributed by atoms with E-state index in [0.717, 1.165) is 19.3 Å². The number of fused-ring (bicyclic) bond motifs is 1. The lowest BCUT2D eigenvalue weighted by Gasteiger charge is -2.24. The van der Waals surface area contributed by atoms with Crippen LogP contribution in [0.1, 0.15) is 78.0 Å². The summed E-state index contributed by atoms with van der Waals surface area (Å²) in [6, 6.07) is 4.25. The predicted octanol–water partition coefficient (Wildman–Crippen LogP) is 2.54. The van der Waals surface area contributed by atoms with Crippen molar-refractivity contribution in [3.8, 4) is 0 Å². The molecule has 1 aliphatic rings. The van der Waals surface area contributed by atoms with Crippen LogP contribution in [-0.4, -0.2) is 47.3 Å². The number of unbranched alkanes of at least 4 members (excludes halogenated alkanes) is 1. The van der Waals surface area contributed by atoms with Gasteiger partial charge in [-0.3, -0.25) is 19.3 Å². The number of benzene rings is 1. The summed E-state index contributed by atoms with van der Waals surface area (Å²) >= 11 is 0. The largest absolute Gasteiger partial charge is 0.452 e. The van der Waals surface area contributed by atoms with Crippen LogP contribution < -0.4 is 5.32 Å². The van der Waals surface area contributed by atoms with Gasteiger partial charge in [0.2, 0.25) is 0 Å². The van der Waals surface area contributed by atoms with Crippen molar-refractivity contribution in [1.82, 2.24) is 10.2 Å². The number of amides is 3. The lowest BCUT2D eigenvalue weighted by atomic mass is 10.0. The van der Waals surface area contributed by atoms with Gasteiger partial charge in [0.05, 0.1) is 16.7 Å². The van der Waals surface area contributed by atoms with Crippen LogP contribution in [0.5, 0.6) is 0 Å². The fourth-order valence-corrected chi connectivity index (χ4v) is 2.65. The molecule has 0 aliphatic carbocycles. The lowest BCUT2D eigenvalue weighted by molar-refractivity contribution is -0.125. The van der Waals surface area contributed by atoms with Crippen molar-refractivity contribution < 1.29 is 23.9 Å². The van der Waals surface area contributed by atoms with Gasteiger partial charge in [-0.05, 0) is 44.9 Å². The van der Waals surface area contributed by atoms with Crippen LogP contribution in [0.25, 0.3) is 0 Å². The van der Waals surface area contributed by atoms with E-state index in [9.17, 15) is 19.2 Å². The second kappa shape index (κ2) is 8.33. The van der Waals surface area contributed by atoms with E-state index in [2.05, 4.69) is 5.32 Å². The zero-order chi connectivity index (χ0) is 20.2. The number of esters is 1. The fraction of sp³-hybridized carbons (Fsp3) is 0.500. The highest BCUT2D eigenvalue weighted by molar-refractivity contribution is 6.21. The molecule has 0 saturated heterocycles. The minimum Gasteiger partial charge on any atom is -0.452 e. The summed E-state index contributed by atoms with van der Waals surface area (Å²) in [5.74, 6) is -1.85. The van der Waals surface area contributed by atoms with Gasteiger partial charge in [0.1, 0.15) is 0 Å². The van der Waals surface area contributed by atoms with Crippen molar-refractivity contribution in [3.05, 3.63) is 34.9 Å². The number of ether oxygens (including phenoxy) is 1. The van der Waals surface area contributed by atoms with Gasteiger partial charge in [-0.15, -0.1) is 0 Å². The number of nitrogens with zero attached hydrogens (tertiary/aromatic N) is 1. The Kier molecular flexibility index (Phi) is 6.36. The third-order valence-electron chi connectivity index (χ3n) is 4.64. The molecular formula is C20H26N2O5. The van der Waals surface area contributed by atoms with Crippen molar-refractivity contribution in [2.75, 3.05) is 13.2 Å². The molecule has 2 rings (SSSR count). The van der Waals surface area contributed by atoms with Crippen molar-refractivity contribution in [3.63, 3.8) is 0 Å². The molecule has 0 saturated carbocycles. The molecule has 0 atom stereocenters. The molecule has 0 bridgehead atoms. The molecule has 27 heavy (non-hydrogen) atoms. The molecule has 7 heteroatoms. The first-order chi connectivity index (χ1) is 12.7. The Labute approximate surface area is 159 Å². The number of hydrogen-bond acceptors (Lipinski definition) is 5. The predicted molar refractivity (Wildman–Crippen MR) is 99.5 cm³/mol. The number of nitrogens with one attached hydrogen (secondary N) is 1. The number of hydrogen-bond donors (Lipinski definition) is 1. The molecule has 0 aromatic heterocycles. The monoisotopic (exact) mass is 374 g/mol. The van der Waals surface area contributed by atoms with Crippen LogP contribution in [0.2, 0.25) is 0 Å². The van der Waals surface area contributed by atoms with Gasteiger partial charge in [0, 0.05) is 12.1 Å². The maximum Gasteiger partial charge on any atom is 0.338 e. The van der Waals surface area contributed by atoms with Crippen LogP contribution in [-0.2, 0) is 9.53 Å². The zero-order valence-corrected chi connectivity index (χ0v) is 16.3. The van der Waals surface area contributed by atoms with Gasteiger partial charge in [0.15, 0.2) is 6.61 Å². The van der Waals surface area contributed by atoms with Crippen molar-refractivity contribution >= 4 is 23.7 Å². The normalized spacial score (nSPS) is 13.6. The van der Waals surface area contributed by atoms with E-state index in [0.29, 0.717) is 6.54 Å². The smallest absolute Gasteiger partial charge is 0.338 e. The Morgan fingerprint density at radius 2 is 1.78 bits per heavy atom. The van der Waals surface area contributed by atoms with Crippen LogP contribution >= 0.6 is 0 Å². The quantitative estimate of drug-likeness (QED) is 0.558. The number of carbonyl (C=O) groups excluding carboxylic acids is 4. The molecule has 1 aliphatic heterocycles. The summed E-state index contributed by atoms with van der Waals surface area (Å²) in [6.07, 6.45) is 2.33. The minimum atomic E-state index is -0.713. The molecule has 0 spiro atoms.